The van der Waals surface area contributed by atoms with E-state index >= 15 is 0 Å². The minimum absolute atomic E-state index is 0.0508. The summed E-state index contributed by atoms with van der Waals surface area (Å²) in [6, 6.07) is 20.4. The molecule has 0 unspecified atom stereocenters. The van der Waals surface area contributed by atoms with Crippen LogP contribution >= 0.6 is 0 Å². The zero-order valence-electron chi connectivity index (χ0n) is 21.4. The fourth-order valence-corrected chi connectivity index (χ4v) is 4.55. The van der Waals surface area contributed by atoms with Gasteiger partial charge in [-0.05, 0) is 62.6 Å². The van der Waals surface area contributed by atoms with Crippen molar-refractivity contribution in [2.75, 3.05) is 0 Å². The predicted molar refractivity (Wildman–Crippen MR) is 144 cm³/mol. The lowest BCUT2D eigenvalue weighted by Crippen LogP contribution is -2.30. The molecule has 0 aliphatic heterocycles. The van der Waals surface area contributed by atoms with Crippen LogP contribution < -0.4 is 16.6 Å². The first-order valence-corrected chi connectivity index (χ1v) is 12.3. The van der Waals surface area contributed by atoms with Crippen LogP contribution in [-0.2, 0) is 13.1 Å². The summed E-state index contributed by atoms with van der Waals surface area (Å²) in [4.78, 5) is 40.2. The van der Waals surface area contributed by atoms with Gasteiger partial charge in [0.2, 0.25) is 5.78 Å². The van der Waals surface area contributed by atoms with Crippen molar-refractivity contribution < 1.29 is 4.79 Å². The van der Waals surface area contributed by atoms with Crippen molar-refractivity contribution in [3.63, 3.8) is 0 Å². The fourth-order valence-electron chi connectivity index (χ4n) is 4.55. The number of carbonyl (C=O) groups is 1. The maximum Gasteiger partial charge on any atom is 0.352 e. The zero-order valence-corrected chi connectivity index (χ0v) is 21.4. The SMILES string of the molecule is Cc1ccc(C)c(Cn2nc3n(Cc4ccccc4)c(=O)c4ccc(C(=O)NC(C)C)cc4n3c2=O)c1. The van der Waals surface area contributed by atoms with E-state index in [0.29, 0.717) is 16.5 Å². The van der Waals surface area contributed by atoms with Crippen LogP contribution in [0.25, 0.3) is 16.7 Å². The zero-order chi connectivity index (χ0) is 26.3. The molecule has 8 heteroatoms. The van der Waals surface area contributed by atoms with E-state index in [-0.39, 0.29) is 42.1 Å². The van der Waals surface area contributed by atoms with Crippen molar-refractivity contribution in [1.29, 1.82) is 0 Å². The van der Waals surface area contributed by atoms with Crippen LogP contribution in [0.2, 0.25) is 0 Å². The van der Waals surface area contributed by atoms with Crippen LogP contribution in [0.15, 0.2) is 76.3 Å². The number of aryl methyl sites for hydroxylation is 2. The highest BCUT2D eigenvalue weighted by Gasteiger charge is 2.20. The van der Waals surface area contributed by atoms with Gasteiger partial charge in [0.15, 0.2) is 0 Å². The number of hydrogen-bond acceptors (Lipinski definition) is 4. The Kier molecular flexibility index (Phi) is 6.25. The van der Waals surface area contributed by atoms with Crippen LogP contribution in [0.5, 0.6) is 0 Å². The Labute approximate surface area is 213 Å². The molecule has 3 aromatic carbocycles. The number of benzene rings is 3. The molecule has 2 heterocycles. The highest BCUT2D eigenvalue weighted by atomic mass is 16.2. The van der Waals surface area contributed by atoms with Crippen molar-refractivity contribution in [2.45, 2.75) is 46.8 Å². The molecular weight excluding hydrogens is 466 g/mol. The van der Waals surface area contributed by atoms with E-state index in [0.717, 1.165) is 22.3 Å². The van der Waals surface area contributed by atoms with E-state index in [2.05, 4.69) is 10.4 Å². The highest BCUT2D eigenvalue weighted by molar-refractivity contribution is 5.98. The molecule has 0 spiro atoms. The maximum absolute atomic E-state index is 13.8. The molecule has 0 saturated carbocycles. The molecule has 0 radical (unpaired) electrons. The smallest absolute Gasteiger partial charge is 0.350 e. The summed E-state index contributed by atoms with van der Waals surface area (Å²) in [6.07, 6.45) is 0. The van der Waals surface area contributed by atoms with Gasteiger partial charge in [-0.3, -0.25) is 14.2 Å². The van der Waals surface area contributed by atoms with Gasteiger partial charge in [-0.2, -0.15) is 0 Å². The number of nitrogens with zero attached hydrogens (tertiary/aromatic N) is 4. The van der Waals surface area contributed by atoms with Crippen molar-refractivity contribution in [3.8, 4) is 0 Å². The number of carbonyl (C=O) groups excluding carboxylic acids is 1. The van der Waals surface area contributed by atoms with Crippen molar-refractivity contribution >= 4 is 22.6 Å². The van der Waals surface area contributed by atoms with Gasteiger partial charge in [0, 0.05) is 11.6 Å². The van der Waals surface area contributed by atoms with Gasteiger partial charge in [-0.15, -0.1) is 5.10 Å². The third-order valence-electron chi connectivity index (χ3n) is 6.47. The van der Waals surface area contributed by atoms with Gasteiger partial charge >= 0.3 is 5.69 Å². The molecule has 8 nitrogen and oxygen atoms in total. The normalized spacial score (nSPS) is 11.5. The Hall–Kier alpha value is -4.46. The Morgan fingerprint density at radius 2 is 1.70 bits per heavy atom. The lowest BCUT2D eigenvalue weighted by molar-refractivity contribution is 0.0943. The van der Waals surface area contributed by atoms with E-state index in [9.17, 15) is 14.4 Å². The maximum atomic E-state index is 13.8. The molecule has 0 saturated heterocycles. The summed E-state index contributed by atoms with van der Waals surface area (Å²) in [5.41, 5.74) is 4.11. The van der Waals surface area contributed by atoms with Crippen molar-refractivity contribution in [3.05, 3.63) is 115 Å². The summed E-state index contributed by atoms with van der Waals surface area (Å²) in [6.45, 7) is 8.28. The van der Waals surface area contributed by atoms with Gasteiger partial charge in [0.05, 0.1) is 24.0 Å². The van der Waals surface area contributed by atoms with Gasteiger partial charge in [0.25, 0.3) is 11.5 Å². The topological polar surface area (TPSA) is 90.4 Å². The Morgan fingerprint density at radius 3 is 2.43 bits per heavy atom. The minimum Gasteiger partial charge on any atom is -0.350 e. The number of amides is 1. The van der Waals surface area contributed by atoms with Crippen LogP contribution in [-0.4, -0.2) is 30.7 Å². The first-order chi connectivity index (χ1) is 17.7. The second-order valence-electron chi connectivity index (χ2n) is 9.74. The average molecular weight is 496 g/mol. The van der Waals surface area contributed by atoms with Gasteiger partial charge in [-0.1, -0.05) is 54.1 Å². The van der Waals surface area contributed by atoms with Crippen LogP contribution in [0.1, 0.15) is 46.5 Å². The van der Waals surface area contributed by atoms with E-state index < -0.39 is 0 Å². The minimum atomic E-state index is -0.371. The van der Waals surface area contributed by atoms with Gasteiger partial charge < -0.3 is 5.32 Å². The van der Waals surface area contributed by atoms with Crippen LogP contribution in [0.3, 0.4) is 0 Å². The molecular formula is C29H29N5O3. The quantitative estimate of drug-likeness (QED) is 0.389. The molecule has 0 atom stereocenters. The Morgan fingerprint density at radius 1 is 0.946 bits per heavy atom. The predicted octanol–water partition coefficient (Wildman–Crippen LogP) is 3.66. The number of nitrogens with one attached hydrogen (secondary N) is 1. The first-order valence-electron chi connectivity index (χ1n) is 12.3. The molecule has 5 aromatic rings. The number of hydrogen-bond donors (Lipinski definition) is 1. The average Bonchev–Trinajstić information content (AvgIpc) is 3.19. The monoisotopic (exact) mass is 495 g/mol. The second-order valence-corrected chi connectivity index (χ2v) is 9.74. The third-order valence-corrected chi connectivity index (χ3v) is 6.47. The Balaban J connectivity index is 1.77. The van der Waals surface area contributed by atoms with E-state index in [1.807, 2.05) is 76.2 Å². The highest BCUT2D eigenvalue weighted by Crippen LogP contribution is 2.17. The molecule has 1 N–H and O–H groups in total. The molecule has 0 aliphatic rings. The standard InChI is InChI=1S/C29H29N5O3/c1-18(2)30-26(35)22-12-13-24-25(15-22)34-28(32(27(24)36)16-21-8-6-5-7-9-21)31-33(29(34)37)17-23-14-19(3)10-11-20(23)4/h5-15,18H,16-17H2,1-4H3,(H,30,35). The van der Waals surface area contributed by atoms with Crippen molar-refractivity contribution in [1.82, 2.24) is 24.1 Å². The van der Waals surface area contributed by atoms with Crippen LogP contribution in [0.4, 0.5) is 0 Å². The van der Waals surface area contributed by atoms with Crippen LogP contribution in [0, 0.1) is 13.8 Å². The molecule has 0 aliphatic carbocycles. The molecule has 2 aromatic heterocycles. The number of aromatic nitrogens is 4. The third kappa shape index (κ3) is 4.58. The molecule has 1 amide bonds. The summed E-state index contributed by atoms with van der Waals surface area (Å²) in [5, 5.41) is 7.85. The first kappa shape index (κ1) is 24.2. The van der Waals surface area contributed by atoms with Gasteiger partial charge in [-0.25, -0.2) is 13.9 Å². The number of fused-ring (bicyclic) bond motifs is 3. The van der Waals surface area contributed by atoms with E-state index in [1.54, 1.807) is 18.2 Å². The molecule has 5 rings (SSSR count). The molecule has 188 valence electrons. The lowest BCUT2D eigenvalue weighted by Gasteiger charge is -2.12. The van der Waals surface area contributed by atoms with E-state index in [4.69, 9.17) is 0 Å². The van der Waals surface area contributed by atoms with Crippen molar-refractivity contribution in [2.24, 2.45) is 0 Å². The Bertz CT molecular complexity index is 1760. The second kappa shape index (κ2) is 9.54. The largest absolute Gasteiger partial charge is 0.352 e. The van der Waals surface area contributed by atoms with E-state index in [1.165, 1.54) is 13.6 Å². The summed E-state index contributed by atoms with van der Waals surface area (Å²) in [7, 11) is 0. The number of rotatable bonds is 6. The summed E-state index contributed by atoms with van der Waals surface area (Å²) >= 11 is 0. The molecule has 0 bridgehead atoms. The summed E-state index contributed by atoms with van der Waals surface area (Å²) in [5.74, 6) is -0.0348. The molecule has 0 fully saturated rings. The fraction of sp³-hybridized carbons (Fsp3) is 0.241. The van der Waals surface area contributed by atoms with Gasteiger partial charge in [0.1, 0.15) is 0 Å². The molecule has 37 heavy (non-hydrogen) atoms. The lowest BCUT2D eigenvalue weighted by atomic mass is 10.1. The summed E-state index contributed by atoms with van der Waals surface area (Å²) < 4.78 is 4.35.